The van der Waals surface area contributed by atoms with Crippen LogP contribution in [0.5, 0.6) is 17.2 Å². The number of carboxylic acids is 1. The summed E-state index contributed by atoms with van der Waals surface area (Å²) in [5.41, 5.74) is 1.36. The molecule has 0 unspecified atom stereocenters. The number of para-hydroxylation sites is 1. The van der Waals surface area contributed by atoms with Crippen LogP contribution >= 0.6 is 15.9 Å². The van der Waals surface area contributed by atoms with Gasteiger partial charge in [-0.1, -0.05) is 36.4 Å². The fraction of sp³-hybridized carbons (Fsp3) is 0.120. The second-order valence-corrected chi connectivity index (χ2v) is 7.72. The fourth-order valence-corrected chi connectivity index (χ4v) is 3.27. The quantitative estimate of drug-likeness (QED) is 0.387. The molecule has 32 heavy (non-hydrogen) atoms. The van der Waals surface area contributed by atoms with Gasteiger partial charge in [0.15, 0.2) is 0 Å². The molecule has 3 rings (SSSR count). The standard InChI is InChI=1S/C25H22BrNO5/c1-31-20-6-4-5-17(15-20)11-14-24(28)27-22(25(29)30)16-18-9-12-19(13-10-18)32-23-8-3-2-7-21(23)26/h2-10,12-13,15-16H,11,14H2,1H3,(H,27,28)(H,29,30)/b22-16+. The van der Waals surface area contributed by atoms with Gasteiger partial charge in [-0.25, -0.2) is 4.79 Å². The number of nitrogens with one attached hydrogen (secondary N) is 1. The maximum atomic E-state index is 12.3. The molecule has 0 radical (unpaired) electrons. The molecule has 0 aromatic heterocycles. The van der Waals surface area contributed by atoms with Gasteiger partial charge in [-0.15, -0.1) is 0 Å². The molecule has 2 N–H and O–H groups in total. The molecule has 1 amide bonds. The summed E-state index contributed by atoms with van der Waals surface area (Å²) in [6.45, 7) is 0. The highest BCUT2D eigenvalue weighted by Gasteiger charge is 2.12. The number of carbonyl (C=O) groups is 2. The minimum atomic E-state index is -1.21. The lowest BCUT2D eigenvalue weighted by Gasteiger charge is -2.09. The van der Waals surface area contributed by atoms with E-state index in [9.17, 15) is 14.7 Å². The molecule has 0 spiro atoms. The zero-order valence-corrected chi connectivity index (χ0v) is 19.0. The van der Waals surface area contributed by atoms with Gasteiger partial charge in [-0.05, 0) is 76.0 Å². The van der Waals surface area contributed by atoms with Crippen molar-refractivity contribution in [1.29, 1.82) is 0 Å². The van der Waals surface area contributed by atoms with Crippen LogP contribution in [0.2, 0.25) is 0 Å². The minimum Gasteiger partial charge on any atom is -0.497 e. The minimum absolute atomic E-state index is 0.149. The van der Waals surface area contributed by atoms with E-state index in [0.29, 0.717) is 29.2 Å². The number of methoxy groups -OCH3 is 1. The highest BCUT2D eigenvalue weighted by molar-refractivity contribution is 9.10. The molecule has 0 atom stereocenters. The Balaban J connectivity index is 1.63. The van der Waals surface area contributed by atoms with Crippen molar-refractivity contribution < 1.29 is 24.2 Å². The number of halogens is 1. The summed E-state index contributed by atoms with van der Waals surface area (Å²) in [5.74, 6) is 0.392. The number of aliphatic carboxylic acids is 1. The summed E-state index contributed by atoms with van der Waals surface area (Å²) < 4.78 is 11.8. The van der Waals surface area contributed by atoms with E-state index >= 15 is 0 Å². The number of carbonyl (C=O) groups excluding carboxylic acids is 1. The molecule has 7 heteroatoms. The van der Waals surface area contributed by atoms with E-state index in [2.05, 4.69) is 21.2 Å². The molecule has 0 fully saturated rings. The van der Waals surface area contributed by atoms with Gasteiger partial charge in [-0.3, -0.25) is 4.79 Å². The lowest BCUT2D eigenvalue weighted by Crippen LogP contribution is -2.27. The summed E-state index contributed by atoms with van der Waals surface area (Å²) in [5, 5.41) is 12.0. The third kappa shape index (κ3) is 6.72. The zero-order valence-electron chi connectivity index (χ0n) is 17.4. The van der Waals surface area contributed by atoms with E-state index < -0.39 is 5.97 Å². The Hall–Kier alpha value is -3.58. The van der Waals surface area contributed by atoms with Gasteiger partial charge in [0, 0.05) is 6.42 Å². The summed E-state index contributed by atoms with van der Waals surface area (Å²) >= 11 is 3.43. The van der Waals surface area contributed by atoms with Crippen LogP contribution in [0.3, 0.4) is 0 Å². The SMILES string of the molecule is COc1cccc(CCC(=O)N/C(=C/c2ccc(Oc3ccccc3Br)cc2)C(=O)O)c1. The first-order chi connectivity index (χ1) is 15.4. The second-order valence-electron chi connectivity index (χ2n) is 6.86. The van der Waals surface area contributed by atoms with Gasteiger partial charge >= 0.3 is 5.97 Å². The van der Waals surface area contributed by atoms with E-state index in [1.165, 1.54) is 6.08 Å². The summed E-state index contributed by atoms with van der Waals surface area (Å²) in [6, 6.07) is 21.8. The summed E-state index contributed by atoms with van der Waals surface area (Å²) in [7, 11) is 1.58. The molecule has 0 saturated heterocycles. The third-order valence-corrected chi connectivity index (χ3v) is 5.19. The van der Waals surface area contributed by atoms with Crippen molar-refractivity contribution in [2.75, 3.05) is 7.11 Å². The number of carboxylic acid groups (broad SMARTS) is 1. The molecular weight excluding hydrogens is 474 g/mol. The normalized spacial score (nSPS) is 11.0. The Morgan fingerprint density at radius 2 is 1.75 bits per heavy atom. The van der Waals surface area contributed by atoms with Crippen molar-refractivity contribution in [3.05, 3.63) is 94.1 Å². The average molecular weight is 496 g/mol. The Bertz CT molecular complexity index is 1130. The monoisotopic (exact) mass is 495 g/mol. The van der Waals surface area contributed by atoms with Crippen LogP contribution < -0.4 is 14.8 Å². The predicted molar refractivity (Wildman–Crippen MR) is 126 cm³/mol. The van der Waals surface area contributed by atoms with Gasteiger partial charge in [0.1, 0.15) is 22.9 Å². The van der Waals surface area contributed by atoms with Crippen molar-refractivity contribution in [2.24, 2.45) is 0 Å². The number of hydrogen-bond acceptors (Lipinski definition) is 4. The average Bonchev–Trinajstić information content (AvgIpc) is 2.80. The topological polar surface area (TPSA) is 84.9 Å². The highest BCUT2D eigenvalue weighted by atomic mass is 79.9. The number of ether oxygens (including phenoxy) is 2. The number of hydrogen-bond donors (Lipinski definition) is 2. The largest absolute Gasteiger partial charge is 0.497 e. The third-order valence-electron chi connectivity index (χ3n) is 4.53. The highest BCUT2D eigenvalue weighted by Crippen LogP contribution is 2.29. The molecule has 3 aromatic rings. The van der Waals surface area contributed by atoms with Crippen LogP contribution in [0, 0.1) is 0 Å². The van der Waals surface area contributed by atoms with E-state index in [1.807, 2.05) is 48.5 Å². The van der Waals surface area contributed by atoms with E-state index in [1.54, 1.807) is 31.4 Å². The Morgan fingerprint density at radius 1 is 1.00 bits per heavy atom. The van der Waals surface area contributed by atoms with Gasteiger partial charge in [0.05, 0.1) is 11.6 Å². The fourth-order valence-electron chi connectivity index (χ4n) is 2.90. The van der Waals surface area contributed by atoms with Crippen molar-refractivity contribution in [3.8, 4) is 17.2 Å². The Kier molecular flexibility index (Phi) is 8.05. The summed E-state index contributed by atoms with van der Waals surface area (Å²) in [6.07, 6.45) is 2.03. The first-order valence-electron chi connectivity index (χ1n) is 9.85. The zero-order chi connectivity index (χ0) is 22.9. The van der Waals surface area contributed by atoms with Crippen LogP contribution in [0.25, 0.3) is 6.08 Å². The number of amides is 1. The molecule has 0 saturated carbocycles. The second kappa shape index (κ2) is 11.2. The molecular formula is C25H22BrNO5. The predicted octanol–water partition coefficient (Wildman–Crippen LogP) is 5.42. The Morgan fingerprint density at radius 3 is 2.44 bits per heavy atom. The van der Waals surface area contributed by atoms with Crippen LogP contribution in [0.4, 0.5) is 0 Å². The molecule has 0 bridgehead atoms. The number of benzene rings is 3. The lowest BCUT2D eigenvalue weighted by molar-refractivity contribution is -0.134. The lowest BCUT2D eigenvalue weighted by atomic mass is 10.1. The van der Waals surface area contributed by atoms with Gasteiger partial charge in [0.25, 0.3) is 0 Å². The summed E-state index contributed by atoms with van der Waals surface area (Å²) in [4.78, 5) is 23.9. The molecule has 6 nitrogen and oxygen atoms in total. The van der Waals surface area contributed by atoms with Crippen molar-refractivity contribution in [2.45, 2.75) is 12.8 Å². The van der Waals surface area contributed by atoms with E-state index in [0.717, 1.165) is 10.0 Å². The molecule has 164 valence electrons. The van der Waals surface area contributed by atoms with Crippen LogP contribution in [-0.2, 0) is 16.0 Å². The van der Waals surface area contributed by atoms with Gasteiger partial charge < -0.3 is 19.9 Å². The van der Waals surface area contributed by atoms with E-state index in [-0.39, 0.29) is 18.0 Å². The van der Waals surface area contributed by atoms with Crippen LogP contribution in [0.1, 0.15) is 17.5 Å². The number of rotatable bonds is 9. The maximum Gasteiger partial charge on any atom is 0.352 e. The van der Waals surface area contributed by atoms with Crippen molar-refractivity contribution in [3.63, 3.8) is 0 Å². The smallest absolute Gasteiger partial charge is 0.352 e. The first kappa shape index (κ1) is 23.1. The maximum absolute atomic E-state index is 12.3. The van der Waals surface area contributed by atoms with Crippen molar-refractivity contribution >= 4 is 33.9 Å². The van der Waals surface area contributed by atoms with Crippen LogP contribution in [-0.4, -0.2) is 24.1 Å². The van der Waals surface area contributed by atoms with E-state index in [4.69, 9.17) is 9.47 Å². The first-order valence-corrected chi connectivity index (χ1v) is 10.6. The molecule has 0 aliphatic heterocycles. The van der Waals surface area contributed by atoms with Crippen LogP contribution in [0.15, 0.2) is 83.0 Å². The molecule has 0 aliphatic carbocycles. The molecule has 0 heterocycles. The molecule has 3 aromatic carbocycles. The number of aryl methyl sites for hydroxylation is 1. The van der Waals surface area contributed by atoms with Gasteiger partial charge in [0.2, 0.25) is 5.91 Å². The van der Waals surface area contributed by atoms with Crippen molar-refractivity contribution in [1.82, 2.24) is 5.32 Å². The molecule has 0 aliphatic rings. The van der Waals surface area contributed by atoms with Gasteiger partial charge in [-0.2, -0.15) is 0 Å². The Labute approximate surface area is 194 Å².